The van der Waals surface area contributed by atoms with Crippen LogP contribution in [-0.4, -0.2) is 17.6 Å². The van der Waals surface area contributed by atoms with Crippen LogP contribution in [0.15, 0.2) is 18.2 Å². The molecule has 0 atom stereocenters. The third-order valence-corrected chi connectivity index (χ3v) is 1.71. The number of carbonyl (C=O) groups is 1. The molecule has 1 aromatic heterocycles. The minimum atomic E-state index is -0.237. The molecule has 1 N–H and O–H groups in total. The Morgan fingerprint density at radius 1 is 1.62 bits per heavy atom. The van der Waals surface area contributed by atoms with Crippen molar-refractivity contribution in [2.45, 2.75) is 13.3 Å². The zero-order valence-electron chi connectivity index (χ0n) is 7.37. The van der Waals surface area contributed by atoms with Crippen molar-refractivity contribution < 1.29 is 9.53 Å². The Kier molecular flexibility index (Phi) is 3.64. The van der Waals surface area contributed by atoms with Gasteiger partial charge in [-0.05, 0) is 19.1 Å². The van der Waals surface area contributed by atoms with Gasteiger partial charge in [-0.2, -0.15) is 0 Å². The predicted octanol–water partition coefficient (Wildman–Crippen LogP) is 1.85. The summed E-state index contributed by atoms with van der Waals surface area (Å²) < 4.78 is 5.42. The van der Waals surface area contributed by atoms with Crippen molar-refractivity contribution in [1.29, 1.82) is 0 Å². The SMILES string of the molecule is CCOC(=O)Cc1cccc(=S)[nH]1. The van der Waals surface area contributed by atoms with Crippen LogP contribution >= 0.6 is 12.2 Å². The van der Waals surface area contributed by atoms with Gasteiger partial charge in [-0.15, -0.1) is 0 Å². The molecule has 1 aromatic rings. The van der Waals surface area contributed by atoms with Gasteiger partial charge >= 0.3 is 5.97 Å². The monoisotopic (exact) mass is 197 g/mol. The van der Waals surface area contributed by atoms with E-state index in [-0.39, 0.29) is 12.4 Å². The average Bonchev–Trinajstić information content (AvgIpc) is 2.04. The minimum Gasteiger partial charge on any atom is -0.466 e. The van der Waals surface area contributed by atoms with E-state index < -0.39 is 0 Å². The van der Waals surface area contributed by atoms with Gasteiger partial charge in [0.2, 0.25) is 0 Å². The Morgan fingerprint density at radius 2 is 2.38 bits per heavy atom. The molecule has 0 spiro atoms. The van der Waals surface area contributed by atoms with Crippen LogP contribution in [0.3, 0.4) is 0 Å². The van der Waals surface area contributed by atoms with Crippen LogP contribution in [0, 0.1) is 4.64 Å². The lowest BCUT2D eigenvalue weighted by Crippen LogP contribution is -2.08. The van der Waals surface area contributed by atoms with Crippen molar-refractivity contribution >= 4 is 18.2 Å². The van der Waals surface area contributed by atoms with Gasteiger partial charge in [-0.3, -0.25) is 4.79 Å². The molecule has 0 aliphatic rings. The first kappa shape index (κ1) is 9.92. The van der Waals surface area contributed by atoms with Gasteiger partial charge in [0.15, 0.2) is 0 Å². The molecule has 1 heterocycles. The summed E-state index contributed by atoms with van der Waals surface area (Å²) in [5.74, 6) is -0.237. The molecule has 0 aliphatic carbocycles. The Balaban J connectivity index is 2.64. The number of carbonyl (C=O) groups excluding carboxylic acids is 1. The van der Waals surface area contributed by atoms with Crippen LogP contribution in [0.25, 0.3) is 0 Å². The number of rotatable bonds is 3. The lowest BCUT2D eigenvalue weighted by Gasteiger charge is -2.01. The molecule has 0 aliphatic heterocycles. The highest BCUT2D eigenvalue weighted by Gasteiger charge is 2.02. The fourth-order valence-corrected chi connectivity index (χ4v) is 1.17. The van der Waals surface area contributed by atoms with E-state index in [9.17, 15) is 4.79 Å². The van der Waals surface area contributed by atoms with Gasteiger partial charge in [0.05, 0.1) is 13.0 Å². The Labute approximate surface area is 81.7 Å². The average molecular weight is 197 g/mol. The van der Waals surface area contributed by atoms with Gasteiger partial charge in [-0.1, -0.05) is 18.3 Å². The summed E-state index contributed by atoms with van der Waals surface area (Å²) in [6.45, 7) is 2.19. The predicted molar refractivity (Wildman–Crippen MR) is 52.0 cm³/mol. The third kappa shape index (κ3) is 3.38. The molecule has 0 radical (unpaired) electrons. The number of pyridine rings is 1. The summed E-state index contributed by atoms with van der Waals surface area (Å²) in [6.07, 6.45) is 0.248. The molecule has 0 unspecified atom stereocenters. The molecular formula is C9H11NO2S. The van der Waals surface area contributed by atoms with Crippen molar-refractivity contribution in [3.8, 4) is 0 Å². The van der Waals surface area contributed by atoms with Crippen molar-refractivity contribution in [3.05, 3.63) is 28.5 Å². The van der Waals surface area contributed by atoms with Crippen molar-refractivity contribution in [3.63, 3.8) is 0 Å². The van der Waals surface area contributed by atoms with Gasteiger partial charge in [0.1, 0.15) is 4.64 Å². The van der Waals surface area contributed by atoms with Crippen molar-refractivity contribution in [2.75, 3.05) is 6.61 Å². The molecule has 0 amide bonds. The van der Waals surface area contributed by atoms with E-state index in [1.807, 2.05) is 12.1 Å². The quantitative estimate of drug-likeness (QED) is 0.594. The Hall–Kier alpha value is -1.16. The Bertz CT molecular complexity index is 345. The zero-order chi connectivity index (χ0) is 9.68. The first-order valence-electron chi connectivity index (χ1n) is 4.06. The topological polar surface area (TPSA) is 42.1 Å². The fourth-order valence-electron chi connectivity index (χ4n) is 0.964. The molecule has 13 heavy (non-hydrogen) atoms. The number of hydrogen-bond acceptors (Lipinski definition) is 3. The summed E-state index contributed by atoms with van der Waals surface area (Å²) in [6, 6.07) is 5.39. The summed E-state index contributed by atoms with van der Waals surface area (Å²) in [7, 11) is 0. The second-order valence-corrected chi connectivity index (χ2v) is 2.96. The number of esters is 1. The van der Waals surface area contributed by atoms with Crippen LogP contribution in [-0.2, 0) is 16.0 Å². The third-order valence-electron chi connectivity index (χ3n) is 1.47. The normalized spacial score (nSPS) is 9.62. The largest absolute Gasteiger partial charge is 0.466 e. The van der Waals surface area contributed by atoms with Crippen molar-refractivity contribution in [1.82, 2.24) is 4.98 Å². The minimum absolute atomic E-state index is 0.237. The standard InChI is InChI=1S/C9H11NO2S/c1-2-12-9(11)6-7-4-3-5-8(13)10-7/h3-5H,2,6H2,1H3,(H,10,13). The molecule has 3 nitrogen and oxygen atoms in total. The van der Waals surface area contributed by atoms with Crippen LogP contribution in [0.4, 0.5) is 0 Å². The smallest absolute Gasteiger partial charge is 0.311 e. The lowest BCUT2D eigenvalue weighted by molar-refractivity contribution is -0.142. The number of H-pyrrole nitrogens is 1. The Morgan fingerprint density at radius 3 is 3.00 bits per heavy atom. The first-order chi connectivity index (χ1) is 6.22. The summed E-state index contributed by atoms with van der Waals surface area (Å²) in [5, 5.41) is 0. The van der Waals surface area contributed by atoms with E-state index in [0.29, 0.717) is 11.2 Å². The first-order valence-corrected chi connectivity index (χ1v) is 4.47. The van der Waals surface area contributed by atoms with E-state index in [1.54, 1.807) is 13.0 Å². The van der Waals surface area contributed by atoms with Crippen LogP contribution in [0.5, 0.6) is 0 Å². The molecular weight excluding hydrogens is 186 g/mol. The highest BCUT2D eigenvalue weighted by atomic mass is 32.1. The van der Waals surface area contributed by atoms with E-state index in [2.05, 4.69) is 4.98 Å². The van der Waals surface area contributed by atoms with E-state index >= 15 is 0 Å². The second-order valence-electron chi connectivity index (χ2n) is 2.52. The number of hydrogen-bond donors (Lipinski definition) is 1. The molecule has 70 valence electrons. The van der Waals surface area contributed by atoms with E-state index in [4.69, 9.17) is 17.0 Å². The van der Waals surface area contributed by atoms with Gasteiger partial charge in [0, 0.05) is 5.69 Å². The van der Waals surface area contributed by atoms with Crippen LogP contribution < -0.4 is 0 Å². The second kappa shape index (κ2) is 4.77. The summed E-state index contributed by atoms with van der Waals surface area (Å²) in [4.78, 5) is 14.0. The van der Waals surface area contributed by atoms with Gasteiger partial charge in [0.25, 0.3) is 0 Å². The maximum Gasteiger partial charge on any atom is 0.311 e. The van der Waals surface area contributed by atoms with Crippen LogP contribution in [0.2, 0.25) is 0 Å². The van der Waals surface area contributed by atoms with E-state index in [1.165, 1.54) is 0 Å². The van der Waals surface area contributed by atoms with E-state index in [0.717, 1.165) is 5.69 Å². The van der Waals surface area contributed by atoms with Crippen LogP contribution in [0.1, 0.15) is 12.6 Å². The summed E-state index contributed by atoms with van der Waals surface area (Å²) in [5.41, 5.74) is 0.783. The zero-order valence-corrected chi connectivity index (χ0v) is 8.19. The molecule has 0 fully saturated rings. The van der Waals surface area contributed by atoms with Gasteiger partial charge in [-0.25, -0.2) is 0 Å². The van der Waals surface area contributed by atoms with Crippen molar-refractivity contribution in [2.24, 2.45) is 0 Å². The maximum atomic E-state index is 11.0. The molecule has 4 heteroatoms. The highest BCUT2D eigenvalue weighted by molar-refractivity contribution is 7.71. The number of ether oxygens (including phenoxy) is 1. The summed E-state index contributed by atoms with van der Waals surface area (Å²) >= 11 is 4.91. The fraction of sp³-hybridized carbons (Fsp3) is 0.333. The highest BCUT2D eigenvalue weighted by Crippen LogP contribution is 1.97. The molecule has 0 saturated carbocycles. The number of aromatic amines is 1. The molecule has 1 rings (SSSR count). The maximum absolute atomic E-state index is 11.0. The number of nitrogens with one attached hydrogen (secondary N) is 1. The van der Waals surface area contributed by atoms with Gasteiger partial charge < -0.3 is 9.72 Å². The lowest BCUT2D eigenvalue weighted by atomic mass is 10.3. The number of aromatic nitrogens is 1. The molecule has 0 saturated heterocycles. The molecule has 0 aromatic carbocycles. The molecule has 0 bridgehead atoms.